The van der Waals surface area contributed by atoms with Crippen LogP contribution < -0.4 is 0 Å². The summed E-state index contributed by atoms with van der Waals surface area (Å²) in [7, 11) is 0. The van der Waals surface area contributed by atoms with Crippen molar-refractivity contribution in [1.82, 2.24) is 20.2 Å². The first-order valence-electron chi connectivity index (χ1n) is 6.28. The number of tetrazole rings is 1. The summed E-state index contributed by atoms with van der Waals surface area (Å²) in [5.41, 5.74) is -1.03. The third-order valence-corrected chi connectivity index (χ3v) is 3.20. The zero-order chi connectivity index (χ0) is 14.0. The molecule has 0 fully saturated rings. The molecule has 1 rings (SSSR count). The van der Waals surface area contributed by atoms with Crippen molar-refractivity contribution in [3.05, 3.63) is 5.82 Å². The lowest BCUT2D eigenvalue weighted by Crippen LogP contribution is -2.43. The summed E-state index contributed by atoms with van der Waals surface area (Å²) in [5.74, 6) is -0.247. The van der Waals surface area contributed by atoms with E-state index in [0.717, 1.165) is 0 Å². The molecule has 0 saturated heterocycles. The zero-order valence-electron chi connectivity index (χ0n) is 11.8. The molecule has 0 saturated carbocycles. The maximum Gasteiger partial charge on any atom is 0.331 e. The van der Waals surface area contributed by atoms with Gasteiger partial charge in [0.1, 0.15) is 0 Å². The van der Waals surface area contributed by atoms with Gasteiger partial charge in [0.2, 0.25) is 0 Å². The molecule has 6 heteroatoms. The monoisotopic (exact) mass is 254 g/mol. The molecule has 102 valence electrons. The van der Waals surface area contributed by atoms with Gasteiger partial charge in [-0.25, -0.2) is 9.48 Å². The third kappa shape index (κ3) is 2.68. The number of hydrogen-bond acceptors (Lipinski definition) is 4. The van der Waals surface area contributed by atoms with Crippen LogP contribution in [0.5, 0.6) is 0 Å². The number of rotatable bonds is 5. The predicted molar refractivity (Wildman–Crippen MR) is 67.2 cm³/mol. The number of carbonyl (C=O) groups is 1. The Labute approximate surface area is 107 Å². The highest BCUT2D eigenvalue weighted by Crippen LogP contribution is 2.28. The van der Waals surface area contributed by atoms with Crippen LogP contribution in [0.2, 0.25) is 0 Å². The highest BCUT2D eigenvalue weighted by atomic mass is 16.4. The van der Waals surface area contributed by atoms with Gasteiger partial charge in [0.05, 0.1) is 0 Å². The van der Waals surface area contributed by atoms with Crippen LogP contribution >= 0.6 is 0 Å². The minimum atomic E-state index is -1.04. The molecule has 0 aliphatic heterocycles. The van der Waals surface area contributed by atoms with Crippen LogP contribution in [0.25, 0.3) is 0 Å². The molecule has 0 radical (unpaired) electrons. The van der Waals surface area contributed by atoms with Crippen LogP contribution in [0.15, 0.2) is 0 Å². The van der Waals surface area contributed by atoms with Gasteiger partial charge in [0.25, 0.3) is 0 Å². The number of aromatic nitrogens is 4. The van der Waals surface area contributed by atoms with E-state index in [2.05, 4.69) is 36.3 Å². The molecule has 1 N–H and O–H groups in total. The van der Waals surface area contributed by atoms with Crippen molar-refractivity contribution >= 4 is 5.97 Å². The summed E-state index contributed by atoms with van der Waals surface area (Å²) in [5, 5.41) is 21.0. The number of hydrogen-bond donors (Lipinski definition) is 1. The van der Waals surface area contributed by atoms with E-state index in [9.17, 15) is 9.90 Å². The van der Waals surface area contributed by atoms with Gasteiger partial charge in [0.15, 0.2) is 11.4 Å². The Kier molecular flexibility index (Phi) is 4.09. The molecule has 1 aromatic rings. The van der Waals surface area contributed by atoms with Crippen molar-refractivity contribution in [1.29, 1.82) is 0 Å². The van der Waals surface area contributed by atoms with Crippen molar-refractivity contribution in [3.8, 4) is 0 Å². The van der Waals surface area contributed by atoms with Gasteiger partial charge in [-0.15, -0.1) is 5.10 Å². The quantitative estimate of drug-likeness (QED) is 0.867. The molecule has 6 nitrogen and oxygen atoms in total. The number of nitrogens with zero attached hydrogens (tertiary/aromatic N) is 4. The summed E-state index contributed by atoms with van der Waals surface area (Å²) in [6.45, 7) is 9.92. The second-order valence-electron chi connectivity index (χ2n) is 5.79. The molecule has 0 atom stereocenters. The van der Waals surface area contributed by atoms with Gasteiger partial charge in [-0.1, -0.05) is 34.6 Å². The molecular formula is C12H22N4O2. The first-order chi connectivity index (χ1) is 8.27. The Bertz CT molecular complexity index is 416. The summed E-state index contributed by atoms with van der Waals surface area (Å²) in [6, 6.07) is 0. The molecule has 1 heterocycles. The summed E-state index contributed by atoms with van der Waals surface area (Å²) >= 11 is 0. The van der Waals surface area contributed by atoms with Crippen LogP contribution in [0.1, 0.15) is 53.3 Å². The van der Waals surface area contributed by atoms with Gasteiger partial charge in [0, 0.05) is 6.42 Å². The summed E-state index contributed by atoms with van der Waals surface area (Å²) in [4.78, 5) is 11.6. The Morgan fingerprint density at radius 1 is 1.28 bits per heavy atom. The smallest absolute Gasteiger partial charge is 0.331 e. The second kappa shape index (κ2) is 5.04. The van der Waals surface area contributed by atoms with E-state index in [1.165, 1.54) is 4.68 Å². The Balaban J connectivity index is 3.23. The first kappa shape index (κ1) is 14.6. The van der Waals surface area contributed by atoms with Gasteiger partial charge < -0.3 is 5.11 Å². The van der Waals surface area contributed by atoms with Gasteiger partial charge >= 0.3 is 5.97 Å². The Hall–Kier alpha value is -1.46. The second-order valence-corrected chi connectivity index (χ2v) is 5.79. The molecule has 0 aliphatic carbocycles. The molecule has 0 bridgehead atoms. The van der Waals surface area contributed by atoms with Crippen LogP contribution in [0, 0.1) is 5.41 Å². The lowest BCUT2D eigenvalue weighted by atomic mass is 9.89. The van der Waals surface area contributed by atoms with Gasteiger partial charge in [-0.05, 0) is 28.7 Å². The maximum atomic E-state index is 11.6. The number of aliphatic carboxylic acids is 1. The van der Waals surface area contributed by atoms with Gasteiger partial charge in [-0.2, -0.15) is 0 Å². The Morgan fingerprint density at radius 2 is 1.83 bits per heavy atom. The van der Waals surface area contributed by atoms with Crippen molar-refractivity contribution in [2.24, 2.45) is 5.41 Å². The topological polar surface area (TPSA) is 80.9 Å². The normalized spacial score (nSPS) is 12.7. The van der Waals surface area contributed by atoms with E-state index >= 15 is 0 Å². The fraction of sp³-hybridized carbons (Fsp3) is 0.833. The van der Waals surface area contributed by atoms with Crippen molar-refractivity contribution in [2.45, 2.75) is 59.4 Å². The average Bonchev–Trinajstić information content (AvgIpc) is 2.66. The summed E-state index contributed by atoms with van der Waals surface area (Å²) in [6.07, 6.45) is 1.57. The van der Waals surface area contributed by atoms with Crippen LogP contribution in [0.4, 0.5) is 0 Å². The fourth-order valence-corrected chi connectivity index (χ4v) is 2.07. The van der Waals surface area contributed by atoms with E-state index in [-0.39, 0.29) is 5.41 Å². The van der Waals surface area contributed by atoms with E-state index in [1.807, 2.05) is 13.8 Å². The zero-order valence-corrected chi connectivity index (χ0v) is 11.8. The van der Waals surface area contributed by atoms with Crippen LogP contribution in [0.3, 0.4) is 0 Å². The fourth-order valence-electron chi connectivity index (χ4n) is 2.07. The lowest BCUT2D eigenvalue weighted by molar-refractivity contribution is -0.149. The number of carboxylic acids is 1. The van der Waals surface area contributed by atoms with E-state index in [1.54, 1.807) is 0 Å². The van der Waals surface area contributed by atoms with Crippen molar-refractivity contribution in [3.63, 3.8) is 0 Å². The van der Waals surface area contributed by atoms with Gasteiger partial charge in [-0.3, -0.25) is 0 Å². The molecular weight excluding hydrogens is 232 g/mol. The van der Waals surface area contributed by atoms with E-state index < -0.39 is 11.5 Å². The SMILES string of the molecule is CCC(CC)(C(=O)O)n1nnnc1CC(C)(C)C. The molecule has 18 heavy (non-hydrogen) atoms. The molecule has 0 spiro atoms. The highest BCUT2D eigenvalue weighted by Gasteiger charge is 2.40. The standard InChI is InChI=1S/C12H22N4O2/c1-6-12(7-2,10(17)18)16-9(13-14-15-16)8-11(3,4)5/h6-8H2,1-5H3,(H,17,18). The predicted octanol–water partition coefficient (Wildman–Crippen LogP) is 1.86. The van der Waals surface area contributed by atoms with E-state index in [4.69, 9.17) is 0 Å². The summed E-state index contributed by atoms with van der Waals surface area (Å²) < 4.78 is 1.49. The van der Waals surface area contributed by atoms with Crippen LogP contribution in [-0.4, -0.2) is 31.3 Å². The average molecular weight is 254 g/mol. The molecule has 1 aromatic heterocycles. The molecule has 0 aliphatic rings. The highest BCUT2D eigenvalue weighted by molar-refractivity contribution is 5.76. The third-order valence-electron chi connectivity index (χ3n) is 3.20. The Morgan fingerprint density at radius 3 is 2.22 bits per heavy atom. The maximum absolute atomic E-state index is 11.6. The minimum absolute atomic E-state index is 0.0121. The first-order valence-corrected chi connectivity index (χ1v) is 6.28. The van der Waals surface area contributed by atoms with Crippen LogP contribution in [-0.2, 0) is 16.8 Å². The molecule has 0 amide bonds. The van der Waals surface area contributed by atoms with Crippen molar-refractivity contribution < 1.29 is 9.90 Å². The van der Waals surface area contributed by atoms with E-state index in [0.29, 0.717) is 25.1 Å². The minimum Gasteiger partial charge on any atom is -0.479 e. The lowest BCUT2D eigenvalue weighted by Gasteiger charge is -2.28. The molecule has 0 aromatic carbocycles. The van der Waals surface area contributed by atoms with Crippen molar-refractivity contribution in [2.75, 3.05) is 0 Å². The number of carboxylic acid groups (broad SMARTS) is 1. The largest absolute Gasteiger partial charge is 0.479 e. The molecule has 0 unspecified atom stereocenters.